The zero-order chi connectivity index (χ0) is 16.8. The lowest BCUT2D eigenvalue weighted by molar-refractivity contribution is 0.178. The van der Waals surface area contributed by atoms with Crippen LogP contribution in [0.25, 0.3) is 0 Å². The van der Waals surface area contributed by atoms with Crippen LogP contribution in [-0.2, 0) is 4.74 Å². The Bertz CT molecular complexity index is 272. The lowest BCUT2D eigenvalue weighted by atomic mass is 10.2. The largest absolute Gasteiger partial charge is 0.385 e. The second-order valence-corrected chi connectivity index (χ2v) is 6.17. The number of rotatable bonds is 12. The van der Waals surface area contributed by atoms with E-state index in [4.69, 9.17) is 4.74 Å². The zero-order valence-corrected chi connectivity index (χ0v) is 15.6. The standard InChI is InChI=1S/C17H38N4O/c1-7-18-17(19-11-9-8-10-14-22-6)20-12-13-21(15(2)3)16(4)5/h15-16H,7-14H2,1-6H3,(H2,18,19,20). The normalized spacial score (nSPS) is 12.5. The summed E-state index contributed by atoms with van der Waals surface area (Å²) in [6.07, 6.45) is 3.41. The molecule has 0 bridgehead atoms. The van der Waals surface area contributed by atoms with E-state index in [1.807, 2.05) is 0 Å². The van der Waals surface area contributed by atoms with Crippen LogP contribution >= 0.6 is 0 Å². The van der Waals surface area contributed by atoms with Gasteiger partial charge in [0.2, 0.25) is 0 Å². The third-order valence-corrected chi connectivity index (χ3v) is 3.61. The van der Waals surface area contributed by atoms with Gasteiger partial charge in [-0.25, -0.2) is 0 Å². The molecule has 0 amide bonds. The number of ether oxygens (including phenoxy) is 1. The number of hydrogen-bond acceptors (Lipinski definition) is 3. The maximum absolute atomic E-state index is 5.06. The lowest BCUT2D eigenvalue weighted by Crippen LogP contribution is -2.45. The Morgan fingerprint density at radius 2 is 1.73 bits per heavy atom. The van der Waals surface area contributed by atoms with Crippen molar-refractivity contribution in [3.8, 4) is 0 Å². The second-order valence-electron chi connectivity index (χ2n) is 6.17. The molecule has 0 spiro atoms. The third-order valence-electron chi connectivity index (χ3n) is 3.61. The van der Waals surface area contributed by atoms with Gasteiger partial charge in [0, 0.05) is 52.0 Å². The van der Waals surface area contributed by atoms with Gasteiger partial charge in [0.15, 0.2) is 5.96 Å². The molecule has 0 aliphatic rings. The summed E-state index contributed by atoms with van der Waals surface area (Å²) in [5.41, 5.74) is 0. The van der Waals surface area contributed by atoms with Crippen LogP contribution in [0.3, 0.4) is 0 Å². The van der Waals surface area contributed by atoms with Crippen LogP contribution < -0.4 is 10.6 Å². The summed E-state index contributed by atoms with van der Waals surface area (Å²) in [7, 11) is 1.75. The van der Waals surface area contributed by atoms with Crippen molar-refractivity contribution in [1.29, 1.82) is 0 Å². The Labute approximate surface area is 137 Å². The summed E-state index contributed by atoms with van der Waals surface area (Å²) in [6.45, 7) is 15.7. The average Bonchev–Trinajstić information content (AvgIpc) is 2.46. The van der Waals surface area contributed by atoms with E-state index in [0.717, 1.165) is 51.6 Å². The number of unbranched alkanes of at least 4 members (excludes halogenated alkanes) is 2. The van der Waals surface area contributed by atoms with Gasteiger partial charge in [-0.3, -0.25) is 9.89 Å². The van der Waals surface area contributed by atoms with E-state index in [1.54, 1.807) is 7.11 Å². The molecule has 0 aromatic rings. The second kappa shape index (κ2) is 13.8. The zero-order valence-electron chi connectivity index (χ0n) is 15.6. The van der Waals surface area contributed by atoms with E-state index >= 15 is 0 Å². The maximum atomic E-state index is 5.06. The van der Waals surface area contributed by atoms with Crippen LogP contribution in [0, 0.1) is 0 Å². The van der Waals surface area contributed by atoms with Gasteiger partial charge in [-0.05, 0) is 53.9 Å². The van der Waals surface area contributed by atoms with Crippen LogP contribution in [0.1, 0.15) is 53.9 Å². The smallest absolute Gasteiger partial charge is 0.191 e. The fourth-order valence-corrected chi connectivity index (χ4v) is 2.48. The molecule has 22 heavy (non-hydrogen) atoms. The first-order valence-corrected chi connectivity index (χ1v) is 8.79. The molecule has 132 valence electrons. The van der Waals surface area contributed by atoms with E-state index in [1.165, 1.54) is 6.42 Å². The number of nitrogens with zero attached hydrogens (tertiary/aromatic N) is 2. The molecule has 0 atom stereocenters. The van der Waals surface area contributed by atoms with Crippen LogP contribution in [-0.4, -0.2) is 62.8 Å². The molecule has 5 nitrogen and oxygen atoms in total. The van der Waals surface area contributed by atoms with Gasteiger partial charge in [-0.1, -0.05) is 0 Å². The Hall–Kier alpha value is -0.810. The van der Waals surface area contributed by atoms with Crippen molar-refractivity contribution in [3.63, 3.8) is 0 Å². The first kappa shape index (κ1) is 21.2. The van der Waals surface area contributed by atoms with Crippen molar-refractivity contribution < 1.29 is 4.74 Å². The van der Waals surface area contributed by atoms with Crippen LogP contribution in [0.2, 0.25) is 0 Å². The maximum Gasteiger partial charge on any atom is 0.191 e. The SMILES string of the molecule is CCNC(=NCCCCCOC)NCCN(C(C)C)C(C)C. The van der Waals surface area contributed by atoms with Gasteiger partial charge in [0.05, 0.1) is 0 Å². The van der Waals surface area contributed by atoms with Crippen molar-refractivity contribution in [3.05, 3.63) is 0 Å². The molecule has 2 N–H and O–H groups in total. The van der Waals surface area contributed by atoms with Crippen molar-refractivity contribution in [2.45, 2.75) is 66.0 Å². The molecule has 0 aliphatic carbocycles. The van der Waals surface area contributed by atoms with E-state index in [0.29, 0.717) is 12.1 Å². The molecule has 0 unspecified atom stereocenters. The van der Waals surface area contributed by atoms with E-state index in [2.05, 4.69) is 55.1 Å². The minimum atomic E-state index is 0.571. The lowest BCUT2D eigenvalue weighted by Gasteiger charge is -2.30. The predicted molar refractivity (Wildman–Crippen MR) is 96.7 cm³/mol. The molecule has 0 saturated heterocycles. The Morgan fingerprint density at radius 1 is 1.05 bits per heavy atom. The van der Waals surface area contributed by atoms with E-state index < -0.39 is 0 Å². The monoisotopic (exact) mass is 314 g/mol. The predicted octanol–water partition coefficient (Wildman–Crippen LogP) is 2.48. The minimum Gasteiger partial charge on any atom is -0.385 e. The fourth-order valence-electron chi connectivity index (χ4n) is 2.48. The number of methoxy groups -OCH3 is 1. The highest BCUT2D eigenvalue weighted by Crippen LogP contribution is 2.03. The molecular formula is C17H38N4O. The number of guanidine groups is 1. The van der Waals surface area contributed by atoms with Crippen molar-refractivity contribution in [2.24, 2.45) is 4.99 Å². The number of hydrogen-bond donors (Lipinski definition) is 2. The summed E-state index contributed by atoms with van der Waals surface area (Å²) in [5, 5.41) is 6.75. The van der Waals surface area contributed by atoms with Gasteiger partial charge in [0.25, 0.3) is 0 Å². The minimum absolute atomic E-state index is 0.571. The summed E-state index contributed by atoms with van der Waals surface area (Å²) in [5.74, 6) is 0.932. The fraction of sp³-hybridized carbons (Fsp3) is 0.941. The molecule has 0 aliphatic heterocycles. The summed E-state index contributed by atoms with van der Waals surface area (Å²) in [6, 6.07) is 1.14. The summed E-state index contributed by atoms with van der Waals surface area (Å²) in [4.78, 5) is 7.12. The third kappa shape index (κ3) is 10.9. The Kier molecular flexibility index (Phi) is 13.3. The van der Waals surface area contributed by atoms with Crippen LogP contribution in [0.5, 0.6) is 0 Å². The Morgan fingerprint density at radius 3 is 2.27 bits per heavy atom. The highest BCUT2D eigenvalue weighted by molar-refractivity contribution is 5.79. The van der Waals surface area contributed by atoms with E-state index in [-0.39, 0.29) is 0 Å². The van der Waals surface area contributed by atoms with Crippen molar-refractivity contribution in [1.82, 2.24) is 15.5 Å². The first-order valence-electron chi connectivity index (χ1n) is 8.79. The van der Waals surface area contributed by atoms with Gasteiger partial charge in [-0.2, -0.15) is 0 Å². The molecule has 0 radical (unpaired) electrons. The van der Waals surface area contributed by atoms with Crippen LogP contribution in [0.4, 0.5) is 0 Å². The highest BCUT2D eigenvalue weighted by atomic mass is 16.5. The molecule has 0 saturated carbocycles. The average molecular weight is 315 g/mol. The molecule has 0 aromatic carbocycles. The number of nitrogens with one attached hydrogen (secondary N) is 2. The molecule has 0 rings (SSSR count). The van der Waals surface area contributed by atoms with Gasteiger partial charge in [-0.15, -0.1) is 0 Å². The van der Waals surface area contributed by atoms with Crippen molar-refractivity contribution in [2.75, 3.05) is 39.9 Å². The molecule has 0 aromatic heterocycles. The van der Waals surface area contributed by atoms with Crippen molar-refractivity contribution >= 4 is 5.96 Å². The highest BCUT2D eigenvalue weighted by Gasteiger charge is 2.12. The summed E-state index contributed by atoms with van der Waals surface area (Å²) < 4.78 is 5.06. The Balaban J connectivity index is 4.06. The molecule has 5 heteroatoms. The molecule has 0 heterocycles. The first-order chi connectivity index (χ1) is 10.5. The van der Waals surface area contributed by atoms with Gasteiger partial charge < -0.3 is 15.4 Å². The quantitative estimate of drug-likeness (QED) is 0.330. The van der Waals surface area contributed by atoms with Crippen LogP contribution in [0.15, 0.2) is 4.99 Å². The van der Waals surface area contributed by atoms with Gasteiger partial charge in [0.1, 0.15) is 0 Å². The molecule has 0 fully saturated rings. The topological polar surface area (TPSA) is 48.9 Å². The summed E-state index contributed by atoms with van der Waals surface area (Å²) >= 11 is 0. The number of aliphatic imine (C=N–C) groups is 1. The van der Waals surface area contributed by atoms with Gasteiger partial charge >= 0.3 is 0 Å². The molecular weight excluding hydrogens is 276 g/mol. The van der Waals surface area contributed by atoms with E-state index in [9.17, 15) is 0 Å².